The molecule has 3 aromatic rings. The number of fused-ring (bicyclic) bond motifs is 1. The Hall–Kier alpha value is -3.47. The smallest absolute Gasteiger partial charge is 0.379 e. The molecule has 1 fully saturated rings. The fraction of sp³-hybridized carbons (Fsp3) is 0.318. The molecule has 5 N–H and O–H groups in total. The summed E-state index contributed by atoms with van der Waals surface area (Å²) in [6.45, 7) is 0.686. The lowest BCUT2D eigenvalue weighted by atomic mass is 10.0. The first-order chi connectivity index (χ1) is 16.1. The van der Waals surface area contributed by atoms with E-state index in [4.69, 9.17) is 17.3 Å². The second-order valence-electron chi connectivity index (χ2n) is 8.05. The lowest BCUT2D eigenvalue weighted by molar-refractivity contribution is -0.137. The van der Waals surface area contributed by atoms with E-state index < -0.39 is 17.6 Å². The molecule has 0 bridgehead atoms. The predicted molar refractivity (Wildman–Crippen MR) is 123 cm³/mol. The first-order valence-electron chi connectivity index (χ1n) is 10.5. The lowest BCUT2D eigenvalue weighted by Crippen LogP contribution is -2.47. The third-order valence-corrected chi connectivity index (χ3v) is 5.86. The van der Waals surface area contributed by atoms with Gasteiger partial charge in [0.25, 0.3) is 5.91 Å². The molecule has 0 aliphatic carbocycles. The number of carbonyl (C=O) groups excluding carboxylic acids is 2. The van der Waals surface area contributed by atoms with Crippen LogP contribution in [0.15, 0.2) is 36.7 Å². The number of anilines is 2. The number of nitrogens with two attached hydrogens (primary N) is 1. The number of pyridine rings is 1. The first kappa shape index (κ1) is 23.7. The Morgan fingerprint density at radius 1 is 1.29 bits per heavy atom. The monoisotopic (exact) mass is 494 g/mol. The molecule has 1 aliphatic rings. The van der Waals surface area contributed by atoms with Crippen molar-refractivity contribution in [2.24, 2.45) is 5.73 Å². The zero-order valence-electron chi connectivity index (χ0n) is 17.9. The minimum atomic E-state index is -4.54. The van der Waals surface area contributed by atoms with Crippen molar-refractivity contribution < 1.29 is 22.8 Å². The number of carbonyl (C=O) groups is 2. The van der Waals surface area contributed by atoms with Crippen molar-refractivity contribution in [3.05, 3.63) is 52.8 Å². The van der Waals surface area contributed by atoms with E-state index in [-0.39, 0.29) is 34.8 Å². The molecule has 2 amide bonds. The van der Waals surface area contributed by atoms with Gasteiger partial charge in [0.2, 0.25) is 5.91 Å². The number of nitrogens with zero attached hydrogens (tertiary/aromatic N) is 2. The fourth-order valence-corrected chi connectivity index (χ4v) is 4.26. The molecule has 34 heavy (non-hydrogen) atoms. The first-order valence-corrected chi connectivity index (χ1v) is 10.9. The van der Waals surface area contributed by atoms with Crippen LogP contribution < -0.4 is 16.4 Å². The van der Waals surface area contributed by atoms with E-state index in [1.165, 1.54) is 12.3 Å². The highest BCUT2D eigenvalue weighted by molar-refractivity contribution is 6.31. The topological polar surface area (TPSA) is 116 Å². The van der Waals surface area contributed by atoms with Crippen molar-refractivity contribution >= 4 is 45.8 Å². The summed E-state index contributed by atoms with van der Waals surface area (Å²) in [5.41, 5.74) is 6.13. The van der Waals surface area contributed by atoms with Crippen molar-refractivity contribution in [2.45, 2.75) is 25.1 Å². The van der Waals surface area contributed by atoms with E-state index in [9.17, 15) is 22.8 Å². The molecule has 8 nitrogen and oxygen atoms in total. The molecule has 180 valence electrons. The average molecular weight is 495 g/mol. The van der Waals surface area contributed by atoms with Gasteiger partial charge in [-0.05, 0) is 37.1 Å². The average Bonchev–Trinajstić information content (AvgIpc) is 3.26. The predicted octanol–water partition coefficient (Wildman–Crippen LogP) is 3.85. The largest absolute Gasteiger partial charge is 0.416 e. The normalized spacial score (nSPS) is 16.5. The number of hydrogen-bond donors (Lipinski definition) is 4. The third-order valence-electron chi connectivity index (χ3n) is 5.64. The number of rotatable bonds is 6. The molecule has 1 atom stereocenters. The summed E-state index contributed by atoms with van der Waals surface area (Å²) in [5, 5.41) is 6.70. The standard InChI is InChI=1S/C22H22ClF3N6O2/c23-13-6-12(22(24,25)26)7-15(8-13)29-10-18(33)32-5-1-2-14(11-32)31-19-16-3-4-28-21(16)30-9-17(19)20(27)34/h3-4,6-9,14,29H,1-2,5,10-11H2,(H2,27,34)(H2,28,30,31). The summed E-state index contributed by atoms with van der Waals surface area (Å²) in [4.78, 5) is 33.5. The van der Waals surface area contributed by atoms with Crippen LogP contribution in [-0.4, -0.2) is 52.4 Å². The van der Waals surface area contributed by atoms with Crippen molar-refractivity contribution in [1.29, 1.82) is 0 Å². The maximum Gasteiger partial charge on any atom is 0.416 e. The van der Waals surface area contributed by atoms with Gasteiger partial charge in [-0.1, -0.05) is 11.6 Å². The van der Waals surface area contributed by atoms with Gasteiger partial charge in [0.05, 0.1) is 23.4 Å². The highest BCUT2D eigenvalue weighted by atomic mass is 35.5. The molecule has 1 saturated heterocycles. The summed E-state index contributed by atoms with van der Waals surface area (Å²) < 4.78 is 39.0. The van der Waals surface area contributed by atoms with E-state index in [0.29, 0.717) is 36.2 Å². The van der Waals surface area contributed by atoms with Crippen molar-refractivity contribution in [1.82, 2.24) is 14.9 Å². The Balaban J connectivity index is 1.43. The maximum atomic E-state index is 13.0. The van der Waals surface area contributed by atoms with Crippen LogP contribution in [0.5, 0.6) is 0 Å². The second-order valence-corrected chi connectivity index (χ2v) is 8.49. The van der Waals surface area contributed by atoms with Gasteiger partial charge in [0, 0.05) is 47.6 Å². The fourth-order valence-electron chi connectivity index (χ4n) is 4.02. The van der Waals surface area contributed by atoms with Crippen LogP contribution in [0.2, 0.25) is 5.02 Å². The lowest BCUT2D eigenvalue weighted by Gasteiger charge is -2.34. The van der Waals surface area contributed by atoms with Gasteiger partial charge in [-0.15, -0.1) is 0 Å². The summed E-state index contributed by atoms with van der Waals surface area (Å²) in [6, 6.07) is 4.71. The zero-order chi connectivity index (χ0) is 24.5. The number of hydrogen-bond acceptors (Lipinski definition) is 5. The number of nitrogens with one attached hydrogen (secondary N) is 3. The van der Waals surface area contributed by atoms with Crippen LogP contribution >= 0.6 is 11.6 Å². The van der Waals surface area contributed by atoms with Gasteiger partial charge in [-0.25, -0.2) is 4.98 Å². The number of alkyl halides is 3. The van der Waals surface area contributed by atoms with Gasteiger partial charge < -0.3 is 26.3 Å². The van der Waals surface area contributed by atoms with Crippen LogP contribution in [0.3, 0.4) is 0 Å². The summed E-state index contributed by atoms with van der Waals surface area (Å²) >= 11 is 5.80. The molecule has 0 saturated carbocycles. The molecule has 0 spiro atoms. The highest BCUT2D eigenvalue weighted by Gasteiger charge is 2.31. The molecule has 1 unspecified atom stereocenters. The van der Waals surface area contributed by atoms with Gasteiger partial charge in [-0.3, -0.25) is 9.59 Å². The Morgan fingerprint density at radius 2 is 2.09 bits per heavy atom. The number of aromatic nitrogens is 2. The minimum Gasteiger partial charge on any atom is -0.379 e. The number of benzene rings is 1. The van der Waals surface area contributed by atoms with Gasteiger partial charge in [0.1, 0.15) is 5.65 Å². The van der Waals surface area contributed by atoms with Crippen molar-refractivity contribution in [3.8, 4) is 0 Å². The number of likely N-dealkylation sites (tertiary alicyclic amines) is 1. The number of H-pyrrole nitrogens is 1. The van der Waals surface area contributed by atoms with Crippen LogP contribution in [0.4, 0.5) is 24.5 Å². The SMILES string of the molecule is NC(=O)c1cnc2[nH]ccc2c1NC1CCCN(C(=O)CNc2cc(Cl)cc(C(F)(F)F)c2)C1. The third kappa shape index (κ3) is 5.19. The molecule has 1 aliphatic heterocycles. The zero-order valence-corrected chi connectivity index (χ0v) is 18.6. The molecule has 1 aromatic carbocycles. The number of amides is 2. The van der Waals surface area contributed by atoms with E-state index in [0.717, 1.165) is 18.6 Å². The van der Waals surface area contributed by atoms with Crippen molar-refractivity contribution in [3.63, 3.8) is 0 Å². The van der Waals surface area contributed by atoms with Crippen LogP contribution in [0.25, 0.3) is 11.0 Å². The summed E-state index contributed by atoms with van der Waals surface area (Å²) in [5.74, 6) is -0.887. The molecule has 2 aromatic heterocycles. The minimum absolute atomic E-state index is 0.0781. The number of primary amides is 1. The Morgan fingerprint density at radius 3 is 2.82 bits per heavy atom. The van der Waals surface area contributed by atoms with Gasteiger partial charge >= 0.3 is 6.18 Å². The maximum absolute atomic E-state index is 13.0. The van der Waals surface area contributed by atoms with E-state index in [2.05, 4.69) is 20.6 Å². The molecular formula is C22H22ClF3N6O2. The molecular weight excluding hydrogens is 473 g/mol. The Kier molecular flexibility index (Phi) is 6.56. The van der Waals surface area contributed by atoms with E-state index >= 15 is 0 Å². The van der Waals surface area contributed by atoms with E-state index in [1.54, 1.807) is 17.2 Å². The summed E-state index contributed by atoms with van der Waals surface area (Å²) in [6.07, 6.45) is 0.0348. The number of halogens is 4. The van der Waals surface area contributed by atoms with E-state index in [1.807, 2.05) is 0 Å². The summed E-state index contributed by atoms with van der Waals surface area (Å²) in [7, 11) is 0. The van der Waals surface area contributed by atoms with Gasteiger partial charge in [0.15, 0.2) is 0 Å². The van der Waals surface area contributed by atoms with Crippen LogP contribution in [-0.2, 0) is 11.0 Å². The quantitative estimate of drug-likeness (QED) is 0.415. The van der Waals surface area contributed by atoms with Crippen LogP contribution in [0, 0.1) is 0 Å². The highest BCUT2D eigenvalue weighted by Crippen LogP contribution is 2.33. The number of piperidine rings is 1. The van der Waals surface area contributed by atoms with Crippen molar-refractivity contribution in [2.75, 3.05) is 30.3 Å². The molecule has 4 rings (SSSR count). The molecule has 12 heteroatoms. The molecule has 0 radical (unpaired) electrons. The second kappa shape index (κ2) is 9.41. The Bertz CT molecular complexity index is 1230. The number of aromatic amines is 1. The molecule has 3 heterocycles. The van der Waals surface area contributed by atoms with Crippen LogP contribution in [0.1, 0.15) is 28.8 Å². The van der Waals surface area contributed by atoms with Gasteiger partial charge in [-0.2, -0.15) is 13.2 Å². The Labute approximate surface area is 197 Å².